The van der Waals surface area contributed by atoms with Crippen LogP contribution >= 0.6 is 0 Å². The Morgan fingerprint density at radius 2 is 2.29 bits per heavy atom. The summed E-state index contributed by atoms with van der Waals surface area (Å²) in [5.74, 6) is 0. The Bertz CT molecular complexity index is 219. The Kier molecular flexibility index (Phi) is 5.17. The van der Waals surface area contributed by atoms with E-state index in [0.717, 1.165) is 31.7 Å². The Labute approximate surface area is 84.7 Å². The number of hydrogen-bond acceptors (Lipinski definition) is 4. The Balaban J connectivity index is 1.90. The number of hydrogen-bond donors (Lipinski definition) is 3. The van der Waals surface area contributed by atoms with Crippen molar-refractivity contribution in [2.24, 2.45) is 0 Å². The van der Waals surface area contributed by atoms with Gasteiger partial charge < -0.3 is 10.6 Å². The van der Waals surface area contributed by atoms with Gasteiger partial charge >= 0.3 is 0 Å². The molecule has 14 heavy (non-hydrogen) atoms. The van der Waals surface area contributed by atoms with E-state index in [-0.39, 0.29) is 0 Å². The third-order valence-corrected chi connectivity index (χ3v) is 1.85. The molecule has 1 heterocycles. The van der Waals surface area contributed by atoms with E-state index in [0.29, 0.717) is 6.04 Å². The van der Waals surface area contributed by atoms with Crippen LogP contribution < -0.4 is 10.6 Å². The maximum Gasteiger partial charge on any atom is 0.0962 e. The van der Waals surface area contributed by atoms with Gasteiger partial charge in [-0.3, -0.25) is 0 Å². The van der Waals surface area contributed by atoms with Crippen LogP contribution in [0.3, 0.4) is 0 Å². The fourth-order valence-corrected chi connectivity index (χ4v) is 1.13. The van der Waals surface area contributed by atoms with E-state index in [1.165, 1.54) is 0 Å². The molecule has 0 unspecified atom stereocenters. The molecule has 0 atom stereocenters. The van der Waals surface area contributed by atoms with Crippen LogP contribution in [0.1, 0.15) is 26.0 Å². The lowest BCUT2D eigenvalue weighted by atomic mass is 10.3. The highest BCUT2D eigenvalue weighted by Crippen LogP contribution is 1.86. The third-order valence-electron chi connectivity index (χ3n) is 1.85. The Morgan fingerprint density at radius 1 is 1.43 bits per heavy atom. The van der Waals surface area contributed by atoms with E-state index in [9.17, 15) is 0 Å². The molecule has 0 aliphatic heterocycles. The molecule has 0 aromatic carbocycles. The lowest BCUT2D eigenvalue weighted by Crippen LogP contribution is -2.26. The summed E-state index contributed by atoms with van der Waals surface area (Å²) in [6, 6.07) is 0.575. The van der Waals surface area contributed by atoms with Crippen LogP contribution in [0, 0.1) is 0 Å². The molecule has 0 saturated carbocycles. The minimum Gasteiger partial charge on any atom is -0.314 e. The standard InChI is InChI=1S/C9H19N5/c1-8(2)11-5-3-4-10-6-9-7-12-14-13-9/h7-8,10-11H,3-6H2,1-2H3,(H,12,13,14). The maximum atomic E-state index is 3.95. The summed E-state index contributed by atoms with van der Waals surface area (Å²) >= 11 is 0. The summed E-state index contributed by atoms with van der Waals surface area (Å²) < 4.78 is 0. The quantitative estimate of drug-likeness (QED) is 0.549. The lowest BCUT2D eigenvalue weighted by molar-refractivity contribution is 0.546. The van der Waals surface area contributed by atoms with E-state index >= 15 is 0 Å². The van der Waals surface area contributed by atoms with Gasteiger partial charge in [-0.05, 0) is 19.5 Å². The molecule has 1 rings (SSSR count). The van der Waals surface area contributed by atoms with Gasteiger partial charge in [0.05, 0.1) is 11.9 Å². The van der Waals surface area contributed by atoms with E-state index in [4.69, 9.17) is 0 Å². The van der Waals surface area contributed by atoms with Crippen LogP contribution in [-0.4, -0.2) is 34.5 Å². The maximum absolute atomic E-state index is 3.95. The van der Waals surface area contributed by atoms with Gasteiger partial charge in [-0.15, -0.1) is 0 Å². The molecular formula is C9H19N5. The van der Waals surface area contributed by atoms with Gasteiger partial charge in [0.2, 0.25) is 0 Å². The van der Waals surface area contributed by atoms with Gasteiger partial charge in [-0.2, -0.15) is 15.4 Å². The SMILES string of the molecule is CC(C)NCCCNCc1cn[nH]n1. The Morgan fingerprint density at radius 3 is 2.93 bits per heavy atom. The van der Waals surface area contributed by atoms with Crippen molar-refractivity contribution in [3.05, 3.63) is 11.9 Å². The number of aromatic nitrogens is 3. The first-order valence-corrected chi connectivity index (χ1v) is 5.08. The van der Waals surface area contributed by atoms with Crippen LogP contribution in [0.4, 0.5) is 0 Å². The summed E-state index contributed by atoms with van der Waals surface area (Å²) in [6.07, 6.45) is 2.87. The average Bonchev–Trinajstić information content (AvgIpc) is 2.63. The van der Waals surface area contributed by atoms with Gasteiger partial charge in [0, 0.05) is 12.6 Å². The molecule has 0 spiro atoms. The van der Waals surface area contributed by atoms with E-state index in [1.807, 2.05) is 0 Å². The zero-order valence-electron chi connectivity index (χ0n) is 8.88. The highest BCUT2D eigenvalue weighted by Gasteiger charge is 1.95. The molecule has 0 radical (unpaired) electrons. The van der Waals surface area contributed by atoms with Crippen LogP contribution in [0.25, 0.3) is 0 Å². The van der Waals surface area contributed by atoms with Gasteiger partial charge in [0.25, 0.3) is 0 Å². The molecule has 3 N–H and O–H groups in total. The minimum absolute atomic E-state index is 0.575. The summed E-state index contributed by atoms with van der Waals surface area (Å²) in [5.41, 5.74) is 0.960. The number of H-pyrrole nitrogens is 1. The predicted molar refractivity (Wildman–Crippen MR) is 55.8 cm³/mol. The third kappa shape index (κ3) is 4.94. The second-order valence-electron chi connectivity index (χ2n) is 3.60. The number of nitrogens with zero attached hydrogens (tertiary/aromatic N) is 2. The highest BCUT2D eigenvalue weighted by molar-refractivity contribution is 4.88. The molecule has 1 aromatic rings. The number of aromatic amines is 1. The zero-order chi connectivity index (χ0) is 10.2. The van der Waals surface area contributed by atoms with Crippen molar-refractivity contribution in [2.75, 3.05) is 13.1 Å². The molecular weight excluding hydrogens is 178 g/mol. The molecule has 0 fully saturated rings. The highest BCUT2D eigenvalue weighted by atomic mass is 15.3. The van der Waals surface area contributed by atoms with Gasteiger partial charge in [0.1, 0.15) is 0 Å². The first-order chi connectivity index (χ1) is 6.79. The smallest absolute Gasteiger partial charge is 0.0962 e. The summed E-state index contributed by atoms with van der Waals surface area (Å²) in [7, 11) is 0. The molecule has 0 saturated heterocycles. The number of rotatable bonds is 7. The monoisotopic (exact) mass is 197 g/mol. The molecule has 5 nitrogen and oxygen atoms in total. The second-order valence-corrected chi connectivity index (χ2v) is 3.60. The van der Waals surface area contributed by atoms with Crippen molar-refractivity contribution in [1.29, 1.82) is 0 Å². The molecule has 0 bridgehead atoms. The first-order valence-electron chi connectivity index (χ1n) is 5.08. The summed E-state index contributed by atoms with van der Waals surface area (Å²) in [4.78, 5) is 0. The minimum atomic E-state index is 0.575. The topological polar surface area (TPSA) is 65.6 Å². The molecule has 0 amide bonds. The second kappa shape index (κ2) is 6.50. The molecule has 5 heteroatoms. The summed E-state index contributed by atoms with van der Waals surface area (Å²) in [6.45, 7) is 7.17. The molecule has 0 aliphatic rings. The van der Waals surface area contributed by atoms with E-state index < -0.39 is 0 Å². The fraction of sp³-hybridized carbons (Fsp3) is 0.778. The fourth-order valence-electron chi connectivity index (χ4n) is 1.13. The molecule has 80 valence electrons. The van der Waals surface area contributed by atoms with Crippen molar-refractivity contribution in [3.8, 4) is 0 Å². The van der Waals surface area contributed by atoms with Gasteiger partial charge in [0.15, 0.2) is 0 Å². The van der Waals surface area contributed by atoms with Crippen molar-refractivity contribution in [2.45, 2.75) is 32.9 Å². The van der Waals surface area contributed by atoms with Gasteiger partial charge in [-0.1, -0.05) is 13.8 Å². The molecule has 1 aromatic heterocycles. The average molecular weight is 197 g/mol. The van der Waals surface area contributed by atoms with E-state index in [2.05, 4.69) is 39.9 Å². The predicted octanol–water partition coefficient (Wildman–Crippen LogP) is 0.282. The molecule has 0 aliphatic carbocycles. The Hall–Kier alpha value is -0.940. The van der Waals surface area contributed by atoms with Crippen LogP contribution in [0.5, 0.6) is 0 Å². The normalized spacial score (nSPS) is 11.1. The van der Waals surface area contributed by atoms with Crippen molar-refractivity contribution >= 4 is 0 Å². The van der Waals surface area contributed by atoms with Crippen LogP contribution in [0.15, 0.2) is 6.20 Å². The van der Waals surface area contributed by atoms with Crippen molar-refractivity contribution in [1.82, 2.24) is 26.0 Å². The van der Waals surface area contributed by atoms with E-state index in [1.54, 1.807) is 6.20 Å². The summed E-state index contributed by atoms with van der Waals surface area (Å²) in [5, 5.41) is 16.9. The first kappa shape index (κ1) is 11.1. The zero-order valence-corrected chi connectivity index (χ0v) is 8.88. The van der Waals surface area contributed by atoms with Crippen LogP contribution in [-0.2, 0) is 6.54 Å². The number of nitrogens with one attached hydrogen (secondary N) is 3. The van der Waals surface area contributed by atoms with Crippen LogP contribution in [0.2, 0.25) is 0 Å². The van der Waals surface area contributed by atoms with Crippen molar-refractivity contribution in [3.63, 3.8) is 0 Å². The lowest BCUT2D eigenvalue weighted by Gasteiger charge is -2.07. The largest absolute Gasteiger partial charge is 0.314 e. The van der Waals surface area contributed by atoms with Gasteiger partial charge in [-0.25, -0.2) is 0 Å². The van der Waals surface area contributed by atoms with Crippen molar-refractivity contribution < 1.29 is 0 Å².